The number of nitrogens with zero attached hydrogens (tertiary/aromatic N) is 1. The van der Waals surface area contributed by atoms with E-state index in [4.69, 9.17) is 0 Å². The monoisotopic (exact) mass is 270 g/mol. The Morgan fingerprint density at radius 1 is 1.33 bits per heavy atom. The summed E-state index contributed by atoms with van der Waals surface area (Å²) >= 11 is 1.96. The molecule has 0 aromatic heterocycles. The molecule has 0 aromatic rings. The van der Waals surface area contributed by atoms with Gasteiger partial charge >= 0.3 is 0 Å². The molecule has 0 aromatic carbocycles. The first-order chi connectivity index (χ1) is 8.75. The van der Waals surface area contributed by atoms with E-state index in [2.05, 4.69) is 5.32 Å². The summed E-state index contributed by atoms with van der Waals surface area (Å²) in [5, 5.41) is 3.44. The van der Waals surface area contributed by atoms with Gasteiger partial charge in [0.05, 0.1) is 0 Å². The van der Waals surface area contributed by atoms with Crippen LogP contribution in [-0.4, -0.2) is 48.5 Å². The van der Waals surface area contributed by atoms with E-state index in [0.29, 0.717) is 18.4 Å². The lowest BCUT2D eigenvalue weighted by molar-refractivity contribution is -0.131. The van der Waals surface area contributed by atoms with Crippen molar-refractivity contribution in [2.45, 2.75) is 44.6 Å². The summed E-state index contributed by atoms with van der Waals surface area (Å²) in [5.41, 5.74) is 0. The molecule has 18 heavy (non-hydrogen) atoms. The lowest BCUT2D eigenvalue weighted by atomic mass is 9.89. The fourth-order valence-electron chi connectivity index (χ4n) is 2.98. The number of nitrogens with one attached hydrogen (secondary N) is 1. The highest BCUT2D eigenvalue weighted by Crippen LogP contribution is 2.24. The first-order valence-electron chi connectivity index (χ1n) is 7.31. The summed E-state index contributed by atoms with van der Waals surface area (Å²) in [6.45, 7) is 2.02. The number of hydrogen-bond donors (Lipinski definition) is 1. The third-order valence-corrected chi connectivity index (χ3v) is 5.23. The summed E-state index contributed by atoms with van der Waals surface area (Å²) in [4.78, 5) is 14.1. The van der Waals surface area contributed by atoms with Gasteiger partial charge in [-0.3, -0.25) is 4.79 Å². The Labute approximate surface area is 115 Å². The molecule has 4 heteroatoms. The standard InChI is InChI=1S/C14H26N2OS/c1-16(10-12-5-3-2-4-6-12)14(17)9-13-11-18-8-7-15-13/h12-13,15H,2-11H2,1H3. The van der Waals surface area contributed by atoms with Crippen molar-refractivity contribution in [3.63, 3.8) is 0 Å². The van der Waals surface area contributed by atoms with Crippen LogP contribution in [0.4, 0.5) is 0 Å². The van der Waals surface area contributed by atoms with Gasteiger partial charge in [-0.1, -0.05) is 19.3 Å². The summed E-state index contributed by atoms with van der Waals surface area (Å²) in [7, 11) is 1.98. The highest BCUT2D eigenvalue weighted by Gasteiger charge is 2.21. The van der Waals surface area contributed by atoms with E-state index < -0.39 is 0 Å². The van der Waals surface area contributed by atoms with Crippen molar-refractivity contribution < 1.29 is 4.79 Å². The van der Waals surface area contributed by atoms with Gasteiger partial charge in [0.15, 0.2) is 0 Å². The second-order valence-corrected chi connectivity index (χ2v) is 6.86. The number of thioether (sulfide) groups is 1. The maximum absolute atomic E-state index is 12.2. The van der Waals surface area contributed by atoms with Crippen LogP contribution in [0.15, 0.2) is 0 Å². The molecule has 2 aliphatic rings. The van der Waals surface area contributed by atoms with Gasteiger partial charge in [-0.05, 0) is 18.8 Å². The molecule has 1 amide bonds. The second-order valence-electron chi connectivity index (χ2n) is 5.71. The molecule has 104 valence electrons. The molecule has 1 saturated heterocycles. The smallest absolute Gasteiger partial charge is 0.223 e. The van der Waals surface area contributed by atoms with Crippen molar-refractivity contribution in [3.8, 4) is 0 Å². The Morgan fingerprint density at radius 3 is 2.78 bits per heavy atom. The molecule has 1 aliphatic carbocycles. The molecule has 0 bridgehead atoms. The Bertz CT molecular complexity index is 261. The zero-order valence-corrected chi connectivity index (χ0v) is 12.3. The second kappa shape index (κ2) is 7.39. The number of rotatable bonds is 4. The van der Waals surface area contributed by atoms with Gasteiger partial charge in [0, 0.05) is 44.1 Å². The molecule has 1 saturated carbocycles. The van der Waals surface area contributed by atoms with Crippen LogP contribution >= 0.6 is 11.8 Å². The van der Waals surface area contributed by atoms with Crippen LogP contribution in [0.5, 0.6) is 0 Å². The molecule has 1 aliphatic heterocycles. The lowest BCUT2D eigenvalue weighted by Gasteiger charge is -2.29. The minimum absolute atomic E-state index is 0.320. The van der Waals surface area contributed by atoms with Crippen molar-refractivity contribution in [1.29, 1.82) is 0 Å². The molecular formula is C14H26N2OS. The van der Waals surface area contributed by atoms with E-state index >= 15 is 0 Å². The van der Waals surface area contributed by atoms with Gasteiger partial charge in [0.2, 0.25) is 5.91 Å². The van der Waals surface area contributed by atoms with E-state index in [9.17, 15) is 4.79 Å². The quantitative estimate of drug-likeness (QED) is 0.849. The first-order valence-corrected chi connectivity index (χ1v) is 8.46. The Morgan fingerprint density at radius 2 is 2.11 bits per heavy atom. The molecule has 1 N–H and O–H groups in total. The van der Waals surface area contributed by atoms with Crippen LogP contribution in [-0.2, 0) is 4.79 Å². The lowest BCUT2D eigenvalue weighted by Crippen LogP contribution is -2.42. The third-order valence-electron chi connectivity index (χ3n) is 4.10. The van der Waals surface area contributed by atoms with Gasteiger partial charge in [0.1, 0.15) is 0 Å². The van der Waals surface area contributed by atoms with Crippen LogP contribution in [0.2, 0.25) is 0 Å². The van der Waals surface area contributed by atoms with Gasteiger partial charge in [-0.15, -0.1) is 0 Å². The van der Waals surface area contributed by atoms with E-state index in [0.717, 1.165) is 24.8 Å². The third kappa shape index (κ3) is 4.47. The molecular weight excluding hydrogens is 244 g/mol. The Balaban J connectivity index is 1.69. The molecule has 2 rings (SSSR count). The molecule has 0 radical (unpaired) electrons. The van der Waals surface area contributed by atoms with Gasteiger partial charge in [-0.2, -0.15) is 11.8 Å². The summed E-state index contributed by atoms with van der Waals surface area (Å²) in [5.74, 6) is 3.34. The van der Waals surface area contributed by atoms with Crippen molar-refractivity contribution in [1.82, 2.24) is 10.2 Å². The zero-order chi connectivity index (χ0) is 12.8. The molecule has 3 nitrogen and oxygen atoms in total. The van der Waals surface area contributed by atoms with Crippen LogP contribution < -0.4 is 5.32 Å². The summed E-state index contributed by atoms with van der Waals surface area (Å²) in [6.07, 6.45) is 7.40. The first kappa shape index (κ1) is 14.2. The molecule has 0 spiro atoms. The van der Waals surface area contributed by atoms with Crippen molar-refractivity contribution >= 4 is 17.7 Å². The summed E-state index contributed by atoms with van der Waals surface area (Å²) in [6, 6.07) is 0.394. The largest absolute Gasteiger partial charge is 0.345 e. The van der Waals surface area contributed by atoms with E-state index in [1.807, 2.05) is 23.7 Å². The van der Waals surface area contributed by atoms with Gasteiger partial charge in [-0.25, -0.2) is 0 Å². The van der Waals surface area contributed by atoms with E-state index in [1.165, 1.54) is 37.9 Å². The number of hydrogen-bond acceptors (Lipinski definition) is 3. The van der Waals surface area contributed by atoms with Crippen molar-refractivity contribution in [2.75, 3.05) is 31.6 Å². The average molecular weight is 270 g/mol. The SMILES string of the molecule is CN(CC1CCCCC1)C(=O)CC1CSCCN1. The molecule has 1 atom stereocenters. The van der Waals surface area contributed by atoms with Crippen LogP contribution in [0.25, 0.3) is 0 Å². The summed E-state index contributed by atoms with van der Waals surface area (Å²) < 4.78 is 0. The van der Waals surface area contributed by atoms with Gasteiger partial charge < -0.3 is 10.2 Å². The topological polar surface area (TPSA) is 32.3 Å². The molecule has 1 heterocycles. The molecule has 1 unspecified atom stereocenters. The minimum Gasteiger partial charge on any atom is -0.345 e. The number of carbonyl (C=O) groups excluding carboxylic acids is 1. The number of carbonyl (C=O) groups is 1. The van der Waals surface area contributed by atoms with Gasteiger partial charge in [0.25, 0.3) is 0 Å². The van der Waals surface area contributed by atoms with Crippen molar-refractivity contribution in [3.05, 3.63) is 0 Å². The van der Waals surface area contributed by atoms with Crippen LogP contribution in [0.1, 0.15) is 38.5 Å². The predicted molar refractivity (Wildman–Crippen MR) is 77.9 cm³/mol. The normalized spacial score (nSPS) is 25.9. The van der Waals surface area contributed by atoms with E-state index in [-0.39, 0.29) is 0 Å². The van der Waals surface area contributed by atoms with E-state index in [1.54, 1.807) is 0 Å². The zero-order valence-electron chi connectivity index (χ0n) is 11.5. The number of amides is 1. The highest BCUT2D eigenvalue weighted by molar-refractivity contribution is 7.99. The van der Waals surface area contributed by atoms with Crippen LogP contribution in [0.3, 0.4) is 0 Å². The average Bonchev–Trinajstić information content (AvgIpc) is 2.41. The maximum Gasteiger partial charge on any atom is 0.223 e. The predicted octanol–water partition coefficient (Wildman–Crippen LogP) is 2.12. The molecule has 2 fully saturated rings. The fourth-order valence-corrected chi connectivity index (χ4v) is 3.93. The Kier molecular flexibility index (Phi) is 5.83. The Hall–Kier alpha value is -0.220. The maximum atomic E-state index is 12.2. The van der Waals surface area contributed by atoms with Crippen LogP contribution in [0, 0.1) is 5.92 Å². The fraction of sp³-hybridized carbons (Fsp3) is 0.929. The highest BCUT2D eigenvalue weighted by atomic mass is 32.2. The van der Waals surface area contributed by atoms with Crippen molar-refractivity contribution in [2.24, 2.45) is 5.92 Å². The minimum atomic E-state index is 0.320.